The van der Waals surface area contributed by atoms with E-state index in [1.165, 1.54) is 24.6 Å². The lowest BCUT2D eigenvalue weighted by molar-refractivity contribution is -0.385. The molecule has 4 aromatic carbocycles. The third-order valence-corrected chi connectivity index (χ3v) is 16.3. The second-order valence-corrected chi connectivity index (χ2v) is 30.8. The molecule has 10 rings (SSSR count). The maximum atomic E-state index is 12.5. The molecule has 29 nitrogen and oxygen atoms in total. The number of amides is 4. The monoisotopic (exact) mass is 1630 g/mol. The zero-order valence-corrected chi connectivity index (χ0v) is 64.3. The van der Waals surface area contributed by atoms with Crippen molar-refractivity contribution in [2.45, 2.75) is 139 Å². The molecule has 4 aliphatic heterocycles. The number of aromatic nitrogens is 4. The molecule has 6 heterocycles. The number of likely N-dealkylation sites (tertiary alicyclic amines) is 1. The molecule has 4 fully saturated rings. The second kappa shape index (κ2) is 35.7. The van der Waals surface area contributed by atoms with Crippen LogP contribution in [0.1, 0.15) is 114 Å². The number of imidazole rings is 2. The first-order valence-corrected chi connectivity index (χ1v) is 35.2. The molecule has 2 aromatic heterocycles. The Bertz CT molecular complexity index is 3810. The number of ether oxygens (including phenoxy) is 4. The van der Waals surface area contributed by atoms with Gasteiger partial charge < -0.3 is 68.1 Å². The largest absolute Gasteiger partial charge is 0.444 e. The van der Waals surface area contributed by atoms with Crippen LogP contribution in [0.25, 0.3) is 11.4 Å². The lowest BCUT2D eigenvalue weighted by Gasteiger charge is -2.37. The van der Waals surface area contributed by atoms with Crippen LogP contribution in [-0.4, -0.2) is 192 Å². The normalized spacial score (nSPS) is 15.0. The molecule has 2 N–H and O–H groups in total. The van der Waals surface area contributed by atoms with E-state index in [1.54, 1.807) is 55.0 Å². The molecule has 550 valence electrons. The van der Waals surface area contributed by atoms with Crippen molar-refractivity contribution >= 4 is 109 Å². The van der Waals surface area contributed by atoms with Crippen molar-refractivity contribution in [1.82, 2.24) is 38.7 Å². The highest BCUT2D eigenvalue weighted by molar-refractivity contribution is 14.1. The fraction of sp³-hybridized carbons (Fsp3) is 0.507. The highest BCUT2D eigenvalue weighted by Crippen LogP contribution is 2.31. The smallest absolute Gasteiger partial charge is 0.410 e. The first kappa shape index (κ1) is 81.1. The van der Waals surface area contributed by atoms with Gasteiger partial charge >= 0.3 is 24.4 Å². The zero-order chi connectivity index (χ0) is 74.9. The molecule has 32 heteroatoms. The number of nitro groups is 3. The Morgan fingerprint density at radius 3 is 1.03 bits per heavy atom. The standard InChI is InChI=1S/C19H25N5O4.C19H27N5O2.C15H20IN3O4.C10H19NO2.C6H3FINO2/c1-14-12-23(13-20-14)16-9-15(10-17(11-16)24(26)27)21-5-7-22(8-6-21)18(25)28-19(2,3)4;1-14-12-24(13-21-14)17-10-15(20)9-16(11-17)22-5-7-23(8-6-22)18(25)26-19(2,3)4;1-15(2,3)23-14(20)18-6-4-17(5-7-18)12-8-11(16)9-13(10-12)19(21)22;1-10(2,3)13-9(12)11-7-5-4-6-8-11;7-4-1-5(8)3-6(2-4)9(10)11/h9-13H,5-8H2,1-4H3;9-13H,5-8,20H2,1-4H3;8-10H,4-7H2,1-3H3;4-8H2,1-3H3;1-3H. The van der Waals surface area contributed by atoms with Gasteiger partial charge in [0.1, 0.15) is 28.2 Å². The number of hydrogen-bond acceptors (Lipinski definition) is 20. The number of non-ortho nitro benzene ring substituents is 3. The summed E-state index contributed by atoms with van der Waals surface area (Å²) in [6, 6.07) is 19.5. The van der Waals surface area contributed by atoms with Crippen LogP contribution >= 0.6 is 45.2 Å². The van der Waals surface area contributed by atoms with Crippen LogP contribution in [0.2, 0.25) is 0 Å². The minimum Gasteiger partial charge on any atom is -0.444 e. The van der Waals surface area contributed by atoms with E-state index in [0.717, 1.165) is 82.8 Å². The third kappa shape index (κ3) is 27.2. The number of nitrogen functional groups attached to an aromatic ring is 1. The lowest BCUT2D eigenvalue weighted by Crippen LogP contribution is -2.50. The number of anilines is 4. The highest BCUT2D eigenvalue weighted by atomic mass is 127. The molecular formula is C69H94FI2N15O14. The number of nitrogens with zero attached hydrogens (tertiary/aromatic N) is 14. The molecule has 0 atom stereocenters. The van der Waals surface area contributed by atoms with Crippen molar-refractivity contribution in [3.63, 3.8) is 0 Å². The van der Waals surface area contributed by atoms with Gasteiger partial charge in [0.2, 0.25) is 0 Å². The number of piperazine rings is 3. The van der Waals surface area contributed by atoms with Crippen molar-refractivity contribution in [3.05, 3.63) is 153 Å². The lowest BCUT2D eigenvalue weighted by atomic mass is 10.1. The maximum absolute atomic E-state index is 12.5. The summed E-state index contributed by atoms with van der Waals surface area (Å²) in [4.78, 5) is 101. The fourth-order valence-corrected chi connectivity index (χ4v) is 11.7. The molecule has 6 aromatic rings. The molecule has 0 unspecified atom stereocenters. The van der Waals surface area contributed by atoms with E-state index in [1.807, 2.05) is 166 Å². The minimum absolute atomic E-state index is 0.0217. The van der Waals surface area contributed by atoms with Gasteiger partial charge in [-0.1, -0.05) is 0 Å². The molecule has 4 saturated heterocycles. The molecular weight excluding hydrogens is 1540 g/mol. The van der Waals surface area contributed by atoms with Crippen molar-refractivity contribution in [2.75, 3.05) is 112 Å². The van der Waals surface area contributed by atoms with Crippen LogP contribution in [0.4, 0.5) is 63.4 Å². The average Bonchev–Trinajstić information content (AvgIpc) is 1.79. The number of rotatable bonds is 8. The summed E-state index contributed by atoms with van der Waals surface area (Å²) in [5.41, 5.74) is 10.9. The van der Waals surface area contributed by atoms with Gasteiger partial charge in [-0.15, -0.1) is 0 Å². The molecule has 4 amide bonds. The fourth-order valence-electron chi connectivity index (χ4n) is 10.4. The molecule has 0 saturated carbocycles. The van der Waals surface area contributed by atoms with E-state index in [2.05, 4.69) is 48.4 Å². The van der Waals surface area contributed by atoms with Gasteiger partial charge in [-0.2, -0.15) is 0 Å². The highest BCUT2D eigenvalue weighted by Gasteiger charge is 2.31. The Morgan fingerprint density at radius 2 is 0.703 bits per heavy atom. The van der Waals surface area contributed by atoms with Crippen LogP contribution in [0.3, 0.4) is 0 Å². The van der Waals surface area contributed by atoms with Gasteiger partial charge in [-0.05, 0) is 198 Å². The number of piperidine rings is 1. The van der Waals surface area contributed by atoms with Crippen LogP contribution in [-0.2, 0) is 18.9 Å². The maximum Gasteiger partial charge on any atom is 0.410 e. The molecule has 0 aliphatic carbocycles. The molecule has 0 spiro atoms. The number of carbonyl (C=O) groups is 4. The third-order valence-electron chi connectivity index (χ3n) is 15.1. The molecule has 0 radical (unpaired) electrons. The topological polar surface area (TPSA) is 319 Å². The number of hydrogen-bond donors (Lipinski definition) is 1. The zero-order valence-electron chi connectivity index (χ0n) is 59.9. The summed E-state index contributed by atoms with van der Waals surface area (Å²) in [5, 5.41) is 32.5. The first-order chi connectivity index (χ1) is 47.1. The van der Waals surface area contributed by atoms with E-state index >= 15 is 0 Å². The van der Waals surface area contributed by atoms with Gasteiger partial charge in [-0.3, -0.25) is 30.3 Å². The Balaban J connectivity index is 0.000000206. The minimum atomic E-state index is -0.620. The SMILES string of the molecule is CC(C)(C)OC(=O)N1CCCCC1.CC(C)(C)OC(=O)N1CCN(c2cc(I)cc([N+](=O)[O-])c2)CC1.Cc1cn(-c2cc(N)cc(N3CCN(C(=O)OC(C)(C)C)CC3)c2)cn1.Cc1cn(-c2cc(N3CCN(C(=O)OC(C)(C)C)CC3)cc([N+](=O)[O-])c2)cn1.O=[N+]([O-])c1cc(F)cc(I)c1. The quantitative estimate of drug-likeness (QED) is 0.0486. The Kier molecular flexibility index (Phi) is 28.7. The van der Waals surface area contributed by atoms with Gasteiger partial charge in [0, 0.05) is 164 Å². The Hall–Kier alpha value is -8.83. The van der Waals surface area contributed by atoms with Crippen LogP contribution < -0.4 is 20.4 Å². The predicted molar refractivity (Wildman–Crippen MR) is 401 cm³/mol. The van der Waals surface area contributed by atoms with Crippen molar-refractivity contribution < 1.29 is 57.3 Å². The Morgan fingerprint density at radius 1 is 0.416 bits per heavy atom. The summed E-state index contributed by atoms with van der Waals surface area (Å²) < 4.78 is 39.1. The number of benzene rings is 4. The second-order valence-electron chi connectivity index (χ2n) is 28.3. The van der Waals surface area contributed by atoms with E-state index in [-0.39, 0.29) is 52.0 Å². The van der Waals surface area contributed by atoms with E-state index < -0.39 is 32.5 Å². The van der Waals surface area contributed by atoms with Crippen LogP contribution in [0.15, 0.2) is 97.8 Å². The molecule has 0 bridgehead atoms. The summed E-state index contributed by atoms with van der Waals surface area (Å²) in [6.07, 6.45) is 9.62. The summed E-state index contributed by atoms with van der Waals surface area (Å²) in [5.74, 6) is -0.580. The van der Waals surface area contributed by atoms with Crippen LogP contribution in [0.5, 0.6) is 0 Å². The number of nitro benzene ring substituents is 3. The Labute approximate surface area is 616 Å². The van der Waals surface area contributed by atoms with Gasteiger partial charge in [0.25, 0.3) is 17.1 Å². The first-order valence-electron chi connectivity index (χ1n) is 33.0. The van der Waals surface area contributed by atoms with Crippen LogP contribution in [0, 0.1) is 57.1 Å². The number of nitrogens with two attached hydrogens (primary N) is 1. The van der Waals surface area contributed by atoms with Crippen molar-refractivity contribution in [2.24, 2.45) is 0 Å². The number of aryl methyl sites for hydroxylation is 2. The average molecular weight is 1630 g/mol. The van der Waals surface area contributed by atoms with Gasteiger partial charge in [0.05, 0.1) is 56.3 Å². The van der Waals surface area contributed by atoms with Gasteiger partial charge in [0.15, 0.2) is 0 Å². The summed E-state index contributed by atoms with van der Waals surface area (Å²) in [6.45, 7) is 35.1. The summed E-state index contributed by atoms with van der Waals surface area (Å²) in [7, 11) is 0. The van der Waals surface area contributed by atoms with Crippen molar-refractivity contribution in [3.8, 4) is 11.4 Å². The van der Waals surface area contributed by atoms with Crippen molar-refractivity contribution in [1.29, 1.82) is 0 Å². The van der Waals surface area contributed by atoms with Gasteiger partial charge in [-0.25, -0.2) is 33.5 Å². The predicted octanol–water partition coefficient (Wildman–Crippen LogP) is 14.0. The number of carbonyl (C=O) groups excluding carboxylic acids is 4. The van der Waals surface area contributed by atoms with E-state index in [4.69, 9.17) is 24.7 Å². The molecule has 101 heavy (non-hydrogen) atoms. The summed E-state index contributed by atoms with van der Waals surface area (Å²) >= 11 is 3.89. The van der Waals surface area contributed by atoms with E-state index in [9.17, 15) is 53.9 Å². The number of halogens is 3. The molecule has 4 aliphatic rings. The van der Waals surface area contributed by atoms with E-state index in [0.29, 0.717) is 80.4 Å².